The van der Waals surface area contributed by atoms with E-state index in [-0.39, 0.29) is 11.9 Å². The molecule has 1 N–H and O–H groups in total. The van der Waals surface area contributed by atoms with Crippen LogP contribution in [-0.4, -0.2) is 5.91 Å². The van der Waals surface area contributed by atoms with E-state index in [1.54, 1.807) is 0 Å². The minimum Gasteiger partial charge on any atom is -0.348 e. The molecule has 0 heterocycles. The Kier molecular flexibility index (Phi) is 4.26. The summed E-state index contributed by atoms with van der Waals surface area (Å²) in [6, 6.07) is 17.9. The summed E-state index contributed by atoms with van der Waals surface area (Å²) in [5.41, 5.74) is 3.40. The van der Waals surface area contributed by atoms with Gasteiger partial charge in [0, 0.05) is 0 Å². The number of benzene rings is 2. The summed E-state index contributed by atoms with van der Waals surface area (Å²) in [7, 11) is 0. The molecule has 1 aliphatic carbocycles. The molecule has 2 aromatic rings. The molecule has 108 valence electrons. The van der Waals surface area contributed by atoms with Crippen LogP contribution in [0.2, 0.25) is 0 Å². The first-order valence-corrected chi connectivity index (χ1v) is 7.76. The largest absolute Gasteiger partial charge is 0.348 e. The van der Waals surface area contributed by atoms with Crippen molar-refractivity contribution >= 4 is 17.5 Å². The van der Waals surface area contributed by atoms with Crippen molar-refractivity contribution in [3.63, 3.8) is 0 Å². The lowest BCUT2D eigenvalue weighted by atomic mass is 9.87. The summed E-state index contributed by atoms with van der Waals surface area (Å²) < 4.78 is 0. The lowest BCUT2D eigenvalue weighted by Gasteiger charge is -2.27. The third-order valence-electron chi connectivity index (χ3n) is 4.01. The summed E-state index contributed by atoms with van der Waals surface area (Å²) in [6.45, 7) is 0. The van der Waals surface area contributed by atoms with Crippen molar-refractivity contribution in [3.05, 3.63) is 71.3 Å². The quantitative estimate of drug-likeness (QED) is 0.847. The van der Waals surface area contributed by atoms with Gasteiger partial charge in [-0.25, -0.2) is 0 Å². The van der Waals surface area contributed by atoms with Crippen LogP contribution in [0.5, 0.6) is 0 Å². The highest BCUT2D eigenvalue weighted by atomic mass is 35.5. The number of nitrogens with one attached hydrogen (secondary N) is 1. The van der Waals surface area contributed by atoms with Gasteiger partial charge in [0.2, 0.25) is 5.91 Å². The van der Waals surface area contributed by atoms with E-state index in [9.17, 15) is 4.79 Å². The average Bonchev–Trinajstić information content (AvgIpc) is 2.55. The average molecular weight is 300 g/mol. The summed E-state index contributed by atoms with van der Waals surface area (Å²) in [4.78, 5) is 12.4. The van der Waals surface area contributed by atoms with Gasteiger partial charge in [-0.1, -0.05) is 54.6 Å². The molecule has 0 aliphatic heterocycles. The Morgan fingerprint density at radius 2 is 1.81 bits per heavy atom. The van der Waals surface area contributed by atoms with Crippen LogP contribution in [0.1, 0.15) is 41.0 Å². The second kappa shape index (κ2) is 6.31. The predicted molar refractivity (Wildman–Crippen MR) is 85.3 cm³/mol. The third-order valence-corrected chi connectivity index (χ3v) is 4.46. The minimum absolute atomic E-state index is 0.0763. The highest BCUT2D eigenvalue weighted by Crippen LogP contribution is 2.30. The van der Waals surface area contributed by atoms with Gasteiger partial charge in [-0.15, -0.1) is 11.6 Å². The molecule has 21 heavy (non-hydrogen) atoms. The van der Waals surface area contributed by atoms with Crippen LogP contribution >= 0.6 is 11.6 Å². The predicted octanol–water partition coefficient (Wildman–Crippen LogP) is 4.16. The van der Waals surface area contributed by atoms with Crippen LogP contribution in [-0.2, 0) is 11.2 Å². The van der Waals surface area contributed by atoms with Crippen LogP contribution in [0, 0.1) is 0 Å². The van der Waals surface area contributed by atoms with Crippen LogP contribution in [0.4, 0.5) is 0 Å². The van der Waals surface area contributed by atoms with Gasteiger partial charge in [-0.05, 0) is 36.0 Å². The molecule has 2 aromatic carbocycles. The van der Waals surface area contributed by atoms with Gasteiger partial charge in [0.25, 0.3) is 0 Å². The molecule has 0 aromatic heterocycles. The maximum atomic E-state index is 12.4. The van der Waals surface area contributed by atoms with E-state index in [0.29, 0.717) is 0 Å². The van der Waals surface area contributed by atoms with E-state index in [0.717, 1.165) is 24.8 Å². The number of aryl methyl sites for hydroxylation is 1. The van der Waals surface area contributed by atoms with E-state index in [1.807, 2.05) is 36.4 Å². The first-order valence-electron chi connectivity index (χ1n) is 7.33. The fourth-order valence-electron chi connectivity index (χ4n) is 2.92. The van der Waals surface area contributed by atoms with E-state index in [2.05, 4.69) is 23.5 Å². The monoisotopic (exact) mass is 299 g/mol. The number of halogens is 1. The van der Waals surface area contributed by atoms with Crippen LogP contribution in [0.25, 0.3) is 0 Å². The van der Waals surface area contributed by atoms with Crippen molar-refractivity contribution in [3.8, 4) is 0 Å². The highest BCUT2D eigenvalue weighted by molar-refractivity contribution is 6.30. The van der Waals surface area contributed by atoms with Gasteiger partial charge < -0.3 is 5.32 Å². The van der Waals surface area contributed by atoms with Crippen molar-refractivity contribution in [1.29, 1.82) is 0 Å². The molecular formula is C18H18ClNO. The number of amides is 1. The van der Waals surface area contributed by atoms with E-state index < -0.39 is 5.38 Å². The Hall–Kier alpha value is -1.80. The molecule has 0 saturated carbocycles. The zero-order valence-electron chi connectivity index (χ0n) is 11.8. The first kappa shape index (κ1) is 14.2. The Balaban J connectivity index is 1.74. The first-order chi connectivity index (χ1) is 10.3. The zero-order chi connectivity index (χ0) is 14.7. The van der Waals surface area contributed by atoms with Crippen LogP contribution < -0.4 is 5.32 Å². The Morgan fingerprint density at radius 3 is 2.62 bits per heavy atom. The minimum atomic E-state index is -0.639. The molecule has 2 unspecified atom stereocenters. The maximum Gasteiger partial charge on any atom is 0.243 e. The zero-order valence-corrected chi connectivity index (χ0v) is 12.5. The number of carbonyl (C=O) groups is 1. The number of hydrogen-bond donors (Lipinski definition) is 1. The summed E-state index contributed by atoms with van der Waals surface area (Å²) in [6.07, 6.45) is 3.16. The molecule has 0 fully saturated rings. The van der Waals surface area contributed by atoms with Crippen LogP contribution in [0.3, 0.4) is 0 Å². The number of alkyl halides is 1. The van der Waals surface area contributed by atoms with Gasteiger partial charge in [0.1, 0.15) is 5.38 Å². The highest BCUT2D eigenvalue weighted by Gasteiger charge is 2.25. The van der Waals surface area contributed by atoms with E-state index >= 15 is 0 Å². The Labute approximate surface area is 130 Å². The molecule has 3 heteroatoms. The van der Waals surface area contributed by atoms with Crippen molar-refractivity contribution in [2.75, 3.05) is 0 Å². The van der Waals surface area contributed by atoms with E-state index in [4.69, 9.17) is 11.6 Å². The Bertz CT molecular complexity index is 626. The molecule has 0 spiro atoms. The van der Waals surface area contributed by atoms with Gasteiger partial charge in [-0.2, -0.15) is 0 Å². The number of carbonyl (C=O) groups excluding carboxylic acids is 1. The molecule has 0 radical (unpaired) electrons. The molecule has 0 saturated heterocycles. The summed E-state index contributed by atoms with van der Waals surface area (Å²) in [5, 5.41) is 2.46. The fraction of sp³-hybridized carbons (Fsp3) is 0.278. The van der Waals surface area contributed by atoms with E-state index in [1.165, 1.54) is 11.1 Å². The maximum absolute atomic E-state index is 12.4. The number of fused-ring (bicyclic) bond motifs is 1. The normalized spacial score (nSPS) is 18.6. The van der Waals surface area contributed by atoms with Gasteiger partial charge in [-0.3, -0.25) is 4.79 Å². The molecule has 3 rings (SSSR count). The number of rotatable bonds is 3. The third kappa shape index (κ3) is 3.11. The van der Waals surface area contributed by atoms with Crippen molar-refractivity contribution in [1.82, 2.24) is 5.32 Å². The fourth-order valence-corrected chi connectivity index (χ4v) is 3.13. The molecule has 2 atom stereocenters. The molecule has 0 bridgehead atoms. The van der Waals surface area contributed by atoms with Gasteiger partial charge in [0.05, 0.1) is 6.04 Å². The second-order valence-electron chi connectivity index (χ2n) is 5.43. The van der Waals surface area contributed by atoms with Crippen LogP contribution in [0.15, 0.2) is 54.6 Å². The molecular weight excluding hydrogens is 282 g/mol. The Morgan fingerprint density at radius 1 is 1.10 bits per heavy atom. The standard InChI is InChI=1S/C18H18ClNO/c19-17(14-8-2-1-3-9-14)18(21)20-16-12-6-10-13-7-4-5-11-15(13)16/h1-5,7-9,11,16-17H,6,10,12H2,(H,20,21). The summed E-state index contributed by atoms with van der Waals surface area (Å²) >= 11 is 6.29. The number of hydrogen-bond acceptors (Lipinski definition) is 1. The van der Waals surface area contributed by atoms with Gasteiger partial charge in [0.15, 0.2) is 0 Å². The lowest BCUT2D eigenvalue weighted by molar-refractivity contribution is -0.121. The molecule has 2 nitrogen and oxygen atoms in total. The van der Waals surface area contributed by atoms with Gasteiger partial charge >= 0.3 is 0 Å². The topological polar surface area (TPSA) is 29.1 Å². The SMILES string of the molecule is O=C(NC1CCCc2ccccc21)C(Cl)c1ccccc1. The molecule has 1 amide bonds. The second-order valence-corrected chi connectivity index (χ2v) is 5.86. The summed E-state index contributed by atoms with van der Waals surface area (Å²) in [5.74, 6) is -0.121. The molecule has 1 aliphatic rings. The van der Waals surface area contributed by atoms with Crippen molar-refractivity contribution in [2.45, 2.75) is 30.7 Å². The lowest BCUT2D eigenvalue weighted by Crippen LogP contribution is -2.33. The van der Waals surface area contributed by atoms with Crippen molar-refractivity contribution < 1.29 is 4.79 Å². The van der Waals surface area contributed by atoms with Crippen molar-refractivity contribution in [2.24, 2.45) is 0 Å². The smallest absolute Gasteiger partial charge is 0.243 e.